The molecule has 7 heteroatoms. The minimum Gasteiger partial charge on any atom is -0.383 e. The van der Waals surface area contributed by atoms with Gasteiger partial charge < -0.3 is 10.1 Å². The minimum atomic E-state index is 0.0438. The summed E-state index contributed by atoms with van der Waals surface area (Å²) >= 11 is 0. The third-order valence-electron chi connectivity index (χ3n) is 5.43. The van der Waals surface area contributed by atoms with Crippen LogP contribution in [-0.2, 0) is 9.53 Å². The summed E-state index contributed by atoms with van der Waals surface area (Å²) in [5, 5.41) is 7.45. The van der Waals surface area contributed by atoms with Gasteiger partial charge >= 0.3 is 0 Å². The van der Waals surface area contributed by atoms with Gasteiger partial charge in [0.1, 0.15) is 5.82 Å². The maximum atomic E-state index is 12.5. The molecule has 2 fully saturated rings. The Morgan fingerprint density at radius 1 is 1.44 bits per heavy atom. The monoisotopic (exact) mass is 349 g/mol. The molecule has 1 aromatic rings. The van der Waals surface area contributed by atoms with Crippen LogP contribution in [0, 0.1) is 5.92 Å². The van der Waals surface area contributed by atoms with Crippen LogP contribution < -0.4 is 5.32 Å². The van der Waals surface area contributed by atoms with E-state index in [0.717, 1.165) is 38.6 Å². The summed E-state index contributed by atoms with van der Waals surface area (Å²) in [6, 6.07) is 2.69. The molecule has 1 N–H and O–H groups in total. The van der Waals surface area contributed by atoms with Crippen molar-refractivity contribution in [3.8, 4) is 0 Å². The van der Waals surface area contributed by atoms with Crippen molar-refractivity contribution in [2.45, 2.75) is 38.8 Å². The smallest absolute Gasteiger partial charge is 0.239 e. The second kappa shape index (κ2) is 8.29. The fraction of sp³-hybridized carbons (Fsp3) is 0.778. The second-order valence-electron chi connectivity index (χ2n) is 7.40. The van der Waals surface area contributed by atoms with Crippen molar-refractivity contribution in [2.24, 2.45) is 5.92 Å². The maximum absolute atomic E-state index is 12.5. The summed E-state index contributed by atoms with van der Waals surface area (Å²) in [6.45, 7) is 9.35. The molecule has 2 aliphatic rings. The van der Waals surface area contributed by atoms with E-state index in [1.54, 1.807) is 13.3 Å². The highest BCUT2D eigenvalue weighted by Gasteiger charge is 2.31. The first-order valence-corrected chi connectivity index (χ1v) is 9.37. The van der Waals surface area contributed by atoms with Crippen LogP contribution in [-0.4, -0.2) is 78.0 Å². The van der Waals surface area contributed by atoms with Gasteiger partial charge in [0.05, 0.1) is 25.4 Å². The number of aromatic nitrogens is 2. The number of nitrogens with zero attached hydrogens (tertiary/aromatic N) is 4. The van der Waals surface area contributed by atoms with Crippen molar-refractivity contribution in [3.05, 3.63) is 12.3 Å². The van der Waals surface area contributed by atoms with E-state index in [2.05, 4.69) is 34.1 Å². The van der Waals surface area contributed by atoms with Gasteiger partial charge in [-0.25, -0.2) is 4.68 Å². The molecule has 1 aromatic heterocycles. The van der Waals surface area contributed by atoms with Crippen LogP contribution >= 0.6 is 0 Å². The summed E-state index contributed by atoms with van der Waals surface area (Å²) in [5.74, 6) is 1.56. The van der Waals surface area contributed by atoms with Crippen LogP contribution in [0.25, 0.3) is 0 Å². The lowest BCUT2D eigenvalue weighted by molar-refractivity contribution is -0.118. The standard InChI is InChI=1S/C18H31N5O2/c1-14-12-21(8-9-22(14)10-11-25-3)13-18(24)20-17-6-7-19-23(17)15(2)16-4-5-16/h6-7,14-16H,4-5,8-13H2,1-3H3,(H,20,24)/t14-,15+/m0/s1. The summed E-state index contributed by atoms with van der Waals surface area (Å²) in [7, 11) is 1.74. The lowest BCUT2D eigenvalue weighted by Gasteiger charge is -2.39. The van der Waals surface area contributed by atoms with Crippen molar-refractivity contribution < 1.29 is 9.53 Å². The Balaban J connectivity index is 1.48. The number of nitrogens with one attached hydrogen (secondary N) is 1. The quantitative estimate of drug-likeness (QED) is 0.770. The third kappa shape index (κ3) is 4.80. The Bertz CT molecular complexity index is 572. The van der Waals surface area contributed by atoms with Crippen molar-refractivity contribution in [1.82, 2.24) is 19.6 Å². The zero-order valence-electron chi connectivity index (χ0n) is 15.6. The molecular weight excluding hydrogens is 318 g/mol. The van der Waals surface area contributed by atoms with E-state index in [9.17, 15) is 4.79 Å². The summed E-state index contributed by atoms with van der Waals surface area (Å²) < 4.78 is 7.13. The van der Waals surface area contributed by atoms with Gasteiger partial charge in [-0.1, -0.05) is 0 Å². The van der Waals surface area contributed by atoms with Crippen molar-refractivity contribution in [2.75, 3.05) is 51.8 Å². The molecule has 0 aromatic carbocycles. The lowest BCUT2D eigenvalue weighted by atomic mass is 10.2. The average Bonchev–Trinajstić information content (AvgIpc) is 3.33. The topological polar surface area (TPSA) is 62.6 Å². The van der Waals surface area contributed by atoms with E-state index in [1.807, 2.05) is 10.7 Å². The summed E-state index contributed by atoms with van der Waals surface area (Å²) in [4.78, 5) is 17.1. The first-order valence-electron chi connectivity index (χ1n) is 9.37. The van der Waals surface area contributed by atoms with E-state index in [4.69, 9.17) is 4.74 Å². The van der Waals surface area contributed by atoms with Crippen LogP contribution in [0.4, 0.5) is 5.82 Å². The Kier molecular flexibility index (Phi) is 6.09. The molecule has 3 rings (SSSR count). The van der Waals surface area contributed by atoms with Crippen molar-refractivity contribution >= 4 is 11.7 Å². The number of hydrogen-bond donors (Lipinski definition) is 1. The molecule has 1 saturated heterocycles. The minimum absolute atomic E-state index is 0.0438. The molecule has 1 aliphatic carbocycles. The number of amides is 1. The van der Waals surface area contributed by atoms with Crippen LogP contribution in [0.2, 0.25) is 0 Å². The molecule has 25 heavy (non-hydrogen) atoms. The Morgan fingerprint density at radius 2 is 2.24 bits per heavy atom. The van der Waals surface area contributed by atoms with E-state index in [-0.39, 0.29) is 5.91 Å². The number of carbonyl (C=O) groups is 1. The van der Waals surface area contributed by atoms with Gasteiger partial charge in [-0.15, -0.1) is 0 Å². The first kappa shape index (κ1) is 18.4. The van der Waals surface area contributed by atoms with Crippen LogP contribution in [0.3, 0.4) is 0 Å². The molecule has 0 spiro atoms. The van der Waals surface area contributed by atoms with Gasteiger partial charge in [-0.2, -0.15) is 5.10 Å². The highest BCUT2D eigenvalue weighted by molar-refractivity contribution is 5.91. The molecule has 0 radical (unpaired) electrons. The molecule has 1 aliphatic heterocycles. The van der Waals surface area contributed by atoms with Crippen LogP contribution in [0.1, 0.15) is 32.7 Å². The molecular formula is C18H31N5O2. The van der Waals surface area contributed by atoms with Crippen molar-refractivity contribution in [3.63, 3.8) is 0 Å². The number of methoxy groups -OCH3 is 1. The largest absolute Gasteiger partial charge is 0.383 e. The molecule has 1 amide bonds. The van der Waals surface area contributed by atoms with Gasteiger partial charge in [0.2, 0.25) is 5.91 Å². The molecule has 2 heterocycles. The van der Waals surface area contributed by atoms with Gasteiger partial charge in [-0.05, 0) is 32.6 Å². The normalized spacial score (nSPS) is 23.6. The lowest BCUT2D eigenvalue weighted by Crippen LogP contribution is -2.54. The predicted octanol–water partition coefficient (Wildman–Crippen LogP) is 1.45. The number of ether oxygens (including phenoxy) is 1. The SMILES string of the molecule is COCCN1CCN(CC(=O)Nc2ccnn2[C@H](C)C2CC2)C[C@@H]1C. The molecule has 2 atom stereocenters. The third-order valence-corrected chi connectivity index (χ3v) is 5.43. The maximum Gasteiger partial charge on any atom is 0.239 e. The Morgan fingerprint density at radius 3 is 2.92 bits per heavy atom. The number of rotatable bonds is 8. The number of anilines is 1. The van der Waals surface area contributed by atoms with Gasteiger partial charge in [0, 0.05) is 45.4 Å². The van der Waals surface area contributed by atoms with Crippen LogP contribution in [0.5, 0.6) is 0 Å². The van der Waals surface area contributed by atoms with Gasteiger partial charge in [0.25, 0.3) is 0 Å². The molecule has 7 nitrogen and oxygen atoms in total. The van der Waals surface area contributed by atoms with Gasteiger partial charge in [0.15, 0.2) is 0 Å². The predicted molar refractivity (Wildman–Crippen MR) is 97.6 cm³/mol. The van der Waals surface area contributed by atoms with Crippen LogP contribution in [0.15, 0.2) is 12.3 Å². The number of piperazine rings is 1. The second-order valence-corrected chi connectivity index (χ2v) is 7.40. The zero-order chi connectivity index (χ0) is 17.8. The fourth-order valence-corrected chi connectivity index (χ4v) is 3.66. The summed E-state index contributed by atoms with van der Waals surface area (Å²) in [5.41, 5.74) is 0. The number of carbonyl (C=O) groups excluding carboxylic acids is 1. The van der Waals surface area contributed by atoms with E-state index in [1.165, 1.54) is 12.8 Å². The Labute approximate surface area is 150 Å². The van der Waals surface area contributed by atoms with Gasteiger partial charge in [-0.3, -0.25) is 14.6 Å². The summed E-state index contributed by atoms with van der Waals surface area (Å²) in [6.07, 6.45) is 4.30. The van der Waals surface area contributed by atoms with Crippen molar-refractivity contribution in [1.29, 1.82) is 0 Å². The molecule has 140 valence electrons. The number of hydrogen-bond acceptors (Lipinski definition) is 5. The first-order chi connectivity index (χ1) is 12.1. The Hall–Kier alpha value is -1.44. The average molecular weight is 349 g/mol. The molecule has 0 unspecified atom stereocenters. The molecule has 1 saturated carbocycles. The van der Waals surface area contributed by atoms with E-state index in [0.29, 0.717) is 24.5 Å². The fourth-order valence-electron chi connectivity index (χ4n) is 3.66. The highest BCUT2D eigenvalue weighted by atomic mass is 16.5. The van der Waals surface area contributed by atoms with E-state index >= 15 is 0 Å². The van der Waals surface area contributed by atoms with E-state index < -0.39 is 0 Å². The zero-order valence-corrected chi connectivity index (χ0v) is 15.6. The highest BCUT2D eigenvalue weighted by Crippen LogP contribution is 2.40. The molecule has 0 bridgehead atoms.